The van der Waals surface area contributed by atoms with Gasteiger partial charge in [-0.25, -0.2) is 8.42 Å². The second-order valence-electron chi connectivity index (χ2n) is 5.26. The Balaban J connectivity index is 0.000000399. The molecule has 0 atom stereocenters. The van der Waals surface area contributed by atoms with E-state index in [1.54, 1.807) is 0 Å². The van der Waals surface area contributed by atoms with E-state index in [0.29, 0.717) is 0 Å². The van der Waals surface area contributed by atoms with Gasteiger partial charge in [0.25, 0.3) is 4.34 Å². The zero-order chi connectivity index (χ0) is 18.6. The molecule has 1 heterocycles. The van der Waals surface area contributed by atoms with E-state index in [2.05, 4.69) is 55.7 Å². The van der Waals surface area contributed by atoms with Crippen molar-refractivity contribution in [2.24, 2.45) is 0 Å². The first-order valence-corrected chi connectivity index (χ1v) is 11.1. The minimum atomic E-state index is -4.92. The van der Waals surface area contributed by atoms with E-state index in [1.165, 1.54) is 30.9 Å². The largest absolute Gasteiger partial charge is 0.726 e. The SMILES string of the molecule is CCSc1sc2c(CC)cc3ccccc3c2[n+]1CC.O=S(=O)([O-])O. The Morgan fingerprint density at radius 2 is 1.88 bits per heavy atom. The Bertz CT molecular complexity index is 972. The van der Waals surface area contributed by atoms with Crippen molar-refractivity contribution in [1.82, 2.24) is 0 Å². The number of aromatic nitrogens is 1. The highest BCUT2D eigenvalue weighted by Crippen LogP contribution is 2.35. The Morgan fingerprint density at radius 3 is 2.44 bits per heavy atom. The van der Waals surface area contributed by atoms with Gasteiger partial charge in [0.1, 0.15) is 11.2 Å². The summed E-state index contributed by atoms with van der Waals surface area (Å²) in [7, 11) is -4.92. The average molecular weight is 400 g/mol. The molecule has 0 unspecified atom stereocenters. The number of aryl methyl sites for hydroxylation is 2. The lowest BCUT2D eigenvalue weighted by Gasteiger charge is -2.02. The third-order valence-corrected chi connectivity index (χ3v) is 6.11. The van der Waals surface area contributed by atoms with Gasteiger partial charge in [0.15, 0.2) is 0 Å². The van der Waals surface area contributed by atoms with Crippen molar-refractivity contribution in [2.45, 2.75) is 38.1 Å². The number of nitrogens with zero attached hydrogens (tertiary/aromatic N) is 1. The van der Waals surface area contributed by atoms with Crippen LogP contribution in [0, 0.1) is 0 Å². The van der Waals surface area contributed by atoms with E-state index < -0.39 is 10.4 Å². The van der Waals surface area contributed by atoms with Gasteiger partial charge in [-0.1, -0.05) is 43.4 Å². The summed E-state index contributed by atoms with van der Waals surface area (Å²) in [4.78, 5) is 0. The second-order valence-corrected chi connectivity index (χ2v) is 8.63. The van der Waals surface area contributed by atoms with Crippen molar-refractivity contribution in [3.8, 4) is 0 Å². The molecule has 3 rings (SSSR count). The fourth-order valence-corrected chi connectivity index (χ4v) is 5.38. The van der Waals surface area contributed by atoms with Crippen LogP contribution in [0.25, 0.3) is 21.0 Å². The number of thioether (sulfide) groups is 1. The zero-order valence-electron chi connectivity index (χ0n) is 14.4. The molecule has 5 nitrogen and oxygen atoms in total. The molecule has 0 saturated heterocycles. The quantitative estimate of drug-likeness (QED) is 0.310. The normalized spacial score (nSPS) is 11.6. The number of hydrogen-bond donors (Lipinski definition) is 1. The van der Waals surface area contributed by atoms with E-state index in [4.69, 9.17) is 17.5 Å². The van der Waals surface area contributed by atoms with Crippen molar-refractivity contribution in [2.75, 3.05) is 5.75 Å². The molecular formula is C17H21NO4S3. The van der Waals surface area contributed by atoms with Gasteiger partial charge >= 0.3 is 0 Å². The first kappa shape index (κ1) is 20.1. The highest BCUT2D eigenvalue weighted by molar-refractivity contribution is 8.00. The van der Waals surface area contributed by atoms with Gasteiger partial charge in [-0.15, -0.1) is 0 Å². The van der Waals surface area contributed by atoms with Crippen molar-refractivity contribution in [3.63, 3.8) is 0 Å². The molecule has 0 aliphatic rings. The van der Waals surface area contributed by atoms with Gasteiger partial charge < -0.3 is 4.55 Å². The molecule has 0 amide bonds. The highest BCUT2D eigenvalue weighted by Gasteiger charge is 2.23. The molecule has 1 aromatic heterocycles. The predicted molar refractivity (Wildman–Crippen MR) is 103 cm³/mol. The first-order chi connectivity index (χ1) is 11.8. The smallest absolute Gasteiger partial charge is 0.298 e. The summed E-state index contributed by atoms with van der Waals surface area (Å²) in [5.41, 5.74) is 2.91. The van der Waals surface area contributed by atoms with Gasteiger partial charge in [-0.05, 0) is 48.2 Å². The van der Waals surface area contributed by atoms with Crippen LogP contribution in [0.1, 0.15) is 26.3 Å². The van der Waals surface area contributed by atoms with Crippen molar-refractivity contribution >= 4 is 54.5 Å². The van der Waals surface area contributed by atoms with Crippen molar-refractivity contribution < 1.29 is 22.1 Å². The van der Waals surface area contributed by atoms with Gasteiger partial charge in [0.05, 0.1) is 5.39 Å². The third kappa shape index (κ3) is 4.92. The average Bonchev–Trinajstić information content (AvgIpc) is 2.91. The molecule has 0 spiro atoms. The highest BCUT2D eigenvalue weighted by atomic mass is 32.3. The Labute approximate surface area is 156 Å². The molecule has 0 fully saturated rings. The van der Waals surface area contributed by atoms with Crippen LogP contribution in [0.3, 0.4) is 0 Å². The summed E-state index contributed by atoms with van der Waals surface area (Å²) in [5.74, 6) is 1.13. The molecule has 0 radical (unpaired) electrons. The van der Waals surface area contributed by atoms with Crippen LogP contribution in [0.5, 0.6) is 0 Å². The Morgan fingerprint density at radius 1 is 1.24 bits per heavy atom. The van der Waals surface area contributed by atoms with E-state index in [0.717, 1.165) is 18.7 Å². The van der Waals surface area contributed by atoms with Gasteiger partial charge in [0.2, 0.25) is 15.9 Å². The van der Waals surface area contributed by atoms with E-state index in [9.17, 15) is 0 Å². The van der Waals surface area contributed by atoms with Crippen LogP contribution < -0.4 is 4.57 Å². The molecule has 2 aromatic carbocycles. The van der Waals surface area contributed by atoms with Crippen LogP contribution in [-0.2, 0) is 23.4 Å². The van der Waals surface area contributed by atoms with Crippen LogP contribution in [-0.4, -0.2) is 23.3 Å². The summed E-state index contributed by atoms with van der Waals surface area (Å²) in [6, 6.07) is 11.2. The lowest BCUT2D eigenvalue weighted by atomic mass is 10.0. The van der Waals surface area contributed by atoms with Gasteiger partial charge in [-0.2, -0.15) is 4.57 Å². The molecule has 3 aromatic rings. The first-order valence-electron chi connectivity index (χ1n) is 7.98. The standard InChI is InChI=1S/C17H20NS2.H2O4S/c1-4-12-11-13-9-7-8-10-14(13)15-16(12)20-17(19-6-3)18(15)5-2;1-5(2,3)4/h7-11H,4-6H2,1-3H3;(H2,1,2,3,4)/q+1;/p-1. The number of thiazole rings is 1. The summed E-state index contributed by atoms with van der Waals surface area (Å²) in [6.07, 6.45) is 1.10. The number of benzene rings is 2. The lowest BCUT2D eigenvalue weighted by Crippen LogP contribution is -2.33. The molecule has 136 valence electrons. The molecule has 0 aliphatic carbocycles. The maximum atomic E-state index is 8.63. The third-order valence-electron chi connectivity index (χ3n) is 3.70. The summed E-state index contributed by atoms with van der Waals surface area (Å²) in [6.45, 7) is 7.78. The lowest BCUT2D eigenvalue weighted by molar-refractivity contribution is -0.697. The Hall–Kier alpha value is -1.19. The Kier molecular flexibility index (Phi) is 6.81. The van der Waals surface area contributed by atoms with Crippen molar-refractivity contribution in [1.29, 1.82) is 0 Å². The topological polar surface area (TPSA) is 81.3 Å². The van der Waals surface area contributed by atoms with E-state index >= 15 is 0 Å². The zero-order valence-corrected chi connectivity index (χ0v) is 16.8. The molecule has 1 N–H and O–H groups in total. The van der Waals surface area contributed by atoms with E-state index in [-0.39, 0.29) is 0 Å². The summed E-state index contributed by atoms with van der Waals surface area (Å²) < 4.78 is 38.2. The van der Waals surface area contributed by atoms with Crippen LogP contribution >= 0.6 is 23.1 Å². The van der Waals surface area contributed by atoms with Gasteiger partial charge in [0, 0.05) is 5.75 Å². The fourth-order valence-electron chi connectivity index (χ4n) is 2.76. The predicted octanol–water partition coefficient (Wildman–Crippen LogP) is 4.04. The minimum absolute atomic E-state index is 1.04. The van der Waals surface area contributed by atoms with Crippen LogP contribution in [0.2, 0.25) is 0 Å². The van der Waals surface area contributed by atoms with Crippen LogP contribution in [0.4, 0.5) is 0 Å². The number of rotatable bonds is 4. The number of hydrogen-bond acceptors (Lipinski definition) is 5. The molecule has 0 aliphatic heterocycles. The molecule has 25 heavy (non-hydrogen) atoms. The molecule has 8 heteroatoms. The maximum Gasteiger partial charge on any atom is 0.298 e. The van der Waals surface area contributed by atoms with Crippen LogP contribution in [0.15, 0.2) is 34.7 Å². The van der Waals surface area contributed by atoms with Crippen molar-refractivity contribution in [3.05, 3.63) is 35.9 Å². The summed E-state index contributed by atoms with van der Waals surface area (Å²) in [5, 5.41) is 2.76. The second kappa shape index (κ2) is 8.46. The maximum absolute atomic E-state index is 8.63. The molecular weight excluding hydrogens is 378 g/mol. The molecule has 0 saturated carbocycles. The minimum Gasteiger partial charge on any atom is -0.726 e. The van der Waals surface area contributed by atoms with Gasteiger partial charge in [-0.3, -0.25) is 4.55 Å². The van der Waals surface area contributed by atoms with E-state index in [1.807, 2.05) is 23.1 Å². The monoisotopic (exact) mass is 399 g/mol. The fraction of sp³-hybridized carbons (Fsp3) is 0.353. The summed E-state index contributed by atoms with van der Waals surface area (Å²) >= 11 is 3.93. The number of fused-ring (bicyclic) bond motifs is 3. The molecule has 0 bridgehead atoms.